The maximum Gasteiger partial charge on any atom is 0.227 e. The van der Waals surface area contributed by atoms with Gasteiger partial charge in [0.2, 0.25) is 11.7 Å². The first-order chi connectivity index (χ1) is 9.67. The third-order valence-corrected chi connectivity index (χ3v) is 2.67. The molecule has 0 saturated carbocycles. The molecule has 0 aliphatic rings. The average Bonchev–Trinajstić information content (AvgIpc) is 2.46. The lowest BCUT2D eigenvalue weighted by molar-refractivity contribution is 0.401. The molecule has 1 aromatic heterocycles. The molecular weight excluding hydrogens is 266 g/mol. The molecule has 7 heteroatoms. The van der Waals surface area contributed by atoms with Crippen LogP contribution >= 0.6 is 0 Å². The van der Waals surface area contributed by atoms with Crippen LogP contribution in [0.4, 0.5) is 14.6 Å². The van der Waals surface area contributed by atoms with Gasteiger partial charge in [0.15, 0.2) is 11.6 Å². The molecule has 0 unspecified atom stereocenters. The smallest absolute Gasteiger partial charge is 0.227 e. The molecule has 106 valence electrons. The Morgan fingerprint density at radius 2 is 2.10 bits per heavy atom. The summed E-state index contributed by atoms with van der Waals surface area (Å²) in [7, 11) is 0. The fourth-order valence-corrected chi connectivity index (χ4v) is 1.75. The molecule has 0 aliphatic heterocycles. The van der Waals surface area contributed by atoms with Crippen molar-refractivity contribution in [1.29, 1.82) is 0 Å². The number of nitrogen functional groups attached to an aromatic ring is 1. The lowest BCUT2D eigenvalue weighted by Crippen LogP contribution is -2.12. The van der Waals surface area contributed by atoms with E-state index in [1.807, 2.05) is 6.92 Å². The van der Waals surface area contributed by atoms with Gasteiger partial charge in [0, 0.05) is 0 Å². The van der Waals surface area contributed by atoms with Crippen molar-refractivity contribution >= 4 is 5.82 Å². The summed E-state index contributed by atoms with van der Waals surface area (Å²) in [5.74, 6) is 3.64. The summed E-state index contributed by atoms with van der Waals surface area (Å²) in [6, 6.07) is 3.70. The number of anilines is 1. The monoisotopic (exact) mass is 280 g/mol. The summed E-state index contributed by atoms with van der Waals surface area (Å²) in [6.07, 6.45) is 2.62. The van der Waals surface area contributed by atoms with E-state index in [0.717, 1.165) is 12.5 Å². The minimum Gasteiger partial charge on any atom is -0.435 e. The Hall–Kier alpha value is -2.28. The van der Waals surface area contributed by atoms with Crippen LogP contribution in [-0.4, -0.2) is 9.97 Å². The fraction of sp³-hybridized carbons (Fsp3) is 0.231. The fourth-order valence-electron chi connectivity index (χ4n) is 1.75. The Morgan fingerprint density at radius 3 is 2.80 bits per heavy atom. The van der Waals surface area contributed by atoms with Gasteiger partial charge in [-0.2, -0.15) is 4.39 Å². The van der Waals surface area contributed by atoms with Gasteiger partial charge >= 0.3 is 0 Å². The summed E-state index contributed by atoms with van der Waals surface area (Å²) in [6.45, 7) is 1.96. The van der Waals surface area contributed by atoms with Crippen molar-refractivity contribution in [2.24, 2.45) is 5.84 Å². The minimum atomic E-state index is -1.06. The van der Waals surface area contributed by atoms with Crippen molar-refractivity contribution in [3.63, 3.8) is 0 Å². The van der Waals surface area contributed by atoms with Gasteiger partial charge in [-0.1, -0.05) is 19.4 Å². The molecule has 0 aliphatic carbocycles. The number of nitrogens with zero attached hydrogens (tertiary/aromatic N) is 2. The zero-order valence-corrected chi connectivity index (χ0v) is 10.9. The second kappa shape index (κ2) is 6.25. The van der Waals surface area contributed by atoms with Crippen LogP contribution in [0.2, 0.25) is 0 Å². The Balaban J connectivity index is 2.40. The maximum atomic E-state index is 13.6. The molecule has 5 nitrogen and oxygen atoms in total. The van der Waals surface area contributed by atoms with E-state index in [4.69, 9.17) is 10.6 Å². The van der Waals surface area contributed by atoms with Gasteiger partial charge in [-0.3, -0.25) is 0 Å². The molecule has 0 amide bonds. The highest BCUT2D eigenvalue weighted by Crippen LogP contribution is 2.29. The summed E-state index contributed by atoms with van der Waals surface area (Å²) < 4.78 is 32.1. The molecule has 0 saturated heterocycles. The van der Waals surface area contributed by atoms with Crippen LogP contribution in [0, 0.1) is 11.6 Å². The molecule has 1 aromatic carbocycles. The van der Waals surface area contributed by atoms with Crippen molar-refractivity contribution in [3.8, 4) is 11.6 Å². The zero-order chi connectivity index (χ0) is 14.5. The summed E-state index contributed by atoms with van der Waals surface area (Å²) in [5, 5.41) is 0. The van der Waals surface area contributed by atoms with E-state index in [1.165, 1.54) is 18.5 Å². The lowest BCUT2D eigenvalue weighted by Gasteiger charge is -2.12. The summed E-state index contributed by atoms with van der Waals surface area (Å²) in [4.78, 5) is 7.92. The summed E-state index contributed by atoms with van der Waals surface area (Å²) in [5.41, 5.74) is 3.05. The average molecular weight is 280 g/mol. The predicted molar refractivity (Wildman–Crippen MR) is 70.3 cm³/mol. The van der Waals surface area contributed by atoms with E-state index < -0.39 is 11.6 Å². The number of hydrogen-bond donors (Lipinski definition) is 2. The first-order valence-electron chi connectivity index (χ1n) is 6.09. The number of ether oxygens (including phenoxy) is 1. The number of nitrogens with two attached hydrogens (primary N) is 1. The lowest BCUT2D eigenvalue weighted by atomic mass is 10.2. The van der Waals surface area contributed by atoms with E-state index >= 15 is 0 Å². The number of halogens is 2. The van der Waals surface area contributed by atoms with E-state index in [9.17, 15) is 8.78 Å². The van der Waals surface area contributed by atoms with Gasteiger partial charge in [-0.15, -0.1) is 0 Å². The normalized spacial score (nSPS) is 10.4. The predicted octanol–water partition coefficient (Wildman–Crippen LogP) is 2.79. The quantitative estimate of drug-likeness (QED) is 0.651. The van der Waals surface area contributed by atoms with Crippen LogP contribution in [-0.2, 0) is 6.42 Å². The van der Waals surface area contributed by atoms with E-state index in [0.29, 0.717) is 17.8 Å². The van der Waals surface area contributed by atoms with Crippen LogP contribution in [0.25, 0.3) is 0 Å². The second-order valence-electron chi connectivity index (χ2n) is 4.05. The zero-order valence-electron chi connectivity index (χ0n) is 10.9. The molecule has 0 spiro atoms. The molecule has 2 rings (SSSR count). The number of aromatic nitrogens is 2. The molecule has 0 radical (unpaired) electrons. The van der Waals surface area contributed by atoms with Crippen molar-refractivity contribution in [3.05, 3.63) is 41.7 Å². The SMILES string of the molecule is CCCc1c(NN)ncnc1Oc1cccc(F)c1F. The van der Waals surface area contributed by atoms with Gasteiger partial charge in [-0.25, -0.2) is 20.2 Å². The molecule has 0 fully saturated rings. The molecule has 3 N–H and O–H groups in total. The van der Waals surface area contributed by atoms with Crippen molar-refractivity contribution < 1.29 is 13.5 Å². The minimum absolute atomic E-state index is 0.152. The van der Waals surface area contributed by atoms with Crippen molar-refractivity contribution in [1.82, 2.24) is 9.97 Å². The Bertz CT molecular complexity index is 607. The van der Waals surface area contributed by atoms with Gasteiger partial charge < -0.3 is 10.2 Å². The number of benzene rings is 1. The maximum absolute atomic E-state index is 13.6. The van der Waals surface area contributed by atoms with Gasteiger partial charge in [0.1, 0.15) is 12.1 Å². The molecule has 0 atom stereocenters. The van der Waals surface area contributed by atoms with E-state index in [-0.39, 0.29) is 11.6 Å². The Labute approximate surface area is 114 Å². The Morgan fingerprint density at radius 1 is 1.30 bits per heavy atom. The number of nitrogens with one attached hydrogen (secondary N) is 1. The van der Waals surface area contributed by atoms with Crippen LogP contribution in [0.15, 0.2) is 24.5 Å². The molecule has 2 aromatic rings. The third-order valence-electron chi connectivity index (χ3n) is 2.67. The first-order valence-corrected chi connectivity index (χ1v) is 6.09. The number of rotatable bonds is 5. The van der Waals surface area contributed by atoms with Crippen LogP contribution in [0.1, 0.15) is 18.9 Å². The highest BCUT2D eigenvalue weighted by Gasteiger charge is 2.15. The Kier molecular flexibility index (Phi) is 4.41. The van der Waals surface area contributed by atoms with Gasteiger partial charge in [0.05, 0.1) is 5.56 Å². The largest absolute Gasteiger partial charge is 0.435 e. The topological polar surface area (TPSA) is 73.1 Å². The van der Waals surface area contributed by atoms with E-state index in [2.05, 4.69) is 15.4 Å². The molecule has 1 heterocycles. The molecule has 20 heavy (non-hydrogen) atoms. The van der Waals surface area contributed by atoms with Gasteiger partial charge in [0.25, 0.3) is 0 Å². The highest BCUT2D eigenvalue weighted by molar-refractivity contribution is 5.49. The number of hydrogen-bond acceptors (Lipinski definition) is 5. The molecule has 0 bridgehead atoms. The van der Waals surface area contributed by atoms with Crippen molar-refractivity contribution in [2.75, 3.05) is 5.43 Å². The van der Waals surface area contributed by atoms with Crippen LogP contribution in [0.5, 0.6) is 11.6 Å². The van der Waals surface area contributed by atoms with Crippen LogP contribution < -0.4 is 16.0 Å². The number of hydrazine groups is 1. The van der Waals surface area contributed by atoms with Crippen molar-refractivity contribution in [2.45, 2.75) is 19.8 Å². The van der Waals surface area contributed by atoms with Crippen LogP contribution in [0.3, 0.4) is 0 Å². The third kappa shape index (κ3) is 2.83. The van der Waals surface area contributed by atoms with E-state index in [1.54, 1.807) is 0 Å². The molecular formula is C13H14F2N4O. The van der Waals surface area contributed by atoms with Gasteiger partial charge in [-0.05, 0) is 18.6 Å². The second-order valence-corrected chi connectivity index (χ2v) is 4.05. The highest BCUT2D eigenvalue weighted by atomic mass is 19.2. The summed E-state index contributed by atoms with van der Waals surface area (Å²) >= 11 is 0. The standard InChI is InChI=1S/C13H14F2N4O/c1-2-4-8-12(19-16)17-7-18-13(8)20-10-6-3-5-9(14)11(10)15/h3,5-7H,2,4,16H2,1H3,(H,17,18,19). The first kappa shape index (κ1) is 14.1.